The Balaban J connectivity index is 1.52. The Morgan fingerprint density at radius 1 is 1.00 bits per heavy atom. The van der Waals surface area contributed by atoms with E-state index in [4.69, 9.17) is 0 Å². The van der Waals surface area contributed by atoms with Crippen LogP contribution in [-0.2, 0) is 16.4 Å². The Hall–Kier alpha value is -2.86. The molecule has 2 heterocycles. The van der Waals surface area contributed by atoms with Crippen LogP contribution >= 0.6 is 0 Å². The van der Waals surface area contributed by atoms with Gasteiger partial charge in [-0.2, -0.15) is 0 Å². The van der Waals surface area contributed by atoms with Crippen molar-refractivity contribution in [3.05, 3.63) is 78.0 Å². The lowest BCUT2D eigenvalue weighted by atomic mass is 10.0. The van der Waals surface area contributed by atoms with Gasteiger partial charge in [0.15, 0.2) is 0 Å². The second-order valence-corrected chi connectivity index (χ2v) is 8.94. The molecule has 0 amide bonds. The van der Waals surface area contributed by atoms with Crippen molar-refractivity contribution in [2.45, 2.75) is 31.1 Å². The largest absolute Gasteiger partial charge is 0.340 e. The van der Waals surface area contributed by atoms with Crippen molar-refractivity contribution in [2.24, 2.45) is 0 Å². The summed E-state index contributed by atoms with van der Waals surface area (Å²) in [5, 5.41) is 0. The van der Waals surface area contributed by atoms with Crippen molar-refractivity contribution in [3.8, 4) is 0 Å². The Kier molecular flexibility index (Phi) is 4.81. The van der Waals surface area contributed by atoms with Crippen LogP contribution in [0, 0.1) is 0 Å². The molecule has 3 aromatic rings. The van der Waals surface area contributed by atoms with Gasteiger partial charge < -0.3 is 4.90 Å². The zero-order valence-electron chi connectivity index (χ0n) is 16.0. The molecule has 0 unspecified atom stereocenters. The second kappa shape index (κ2) is 7.28. The van der Waals surface area contributed by atoms with Gasteiger partial charge in [-0.3, -0.25) is 4.72 Å². The smallest absolute Gasteiger partial charge is 0.263 e. The summed E-state index contributed by atoms with van der Waals surface area (Å²) in [4.78, 5) is 6.75. The summed E-state index contributed by atoms with van der Waals surface area (Å²) in [6, 6.07) is 18.9. The molecule has 0 aliphatic carbocycles. The summed E-state index contributed by atoms with van der Waals surface area (Å²) in [5.74, 6) is 0.666. The lowest BCUT2D eigenvalue weighted by molar-refractivity contribution is 0.601. The molecular formula is C22H23N3O2S. The summed E-state index contributed by atoms with van der Waals surface area (Å²) >= 11 is 0. The van der Waals surface area contributed by atoms with Crippen LogP contribution in [-0.4, -0.2) is 19.9 Å². The predicted octanol–water partition coefficient (Wildman–Crippen LogP) is 4.70. The Labute approximate surface area is 166 Å². The summed E-state index contributed by atoms with van der Waals surface area (Å²) in [5.41, 5.74) is 4.56. The minimum atomic E-state index is -3.66. The van der Waals surface area contributed by atoms with Crippen LogP contribution in [0.15, 0.2) is 71.8 Å². The maximum atomic E-state index is 12.6. The molecule has 1 aromatic heterocycles. The van der Waals surface area contributed by atoms with Gasteiger partial charge in [0.25, 0.3) is 10.0 Å². The molecule has 6 heteroatoms. The standard InChI is InChI=1S/C22H23N3O2S/c1-16(2)17-7-10-20(11-8-17)28(26,27)24-22-12-9-19(15-23-22)25-14-13-18-5-3-4-6-21(18)25/h3-12,15-16H,13-14H2,1-2H3,(H,23,24). The molecule has 0 bridgehead atoms. The molecule has 0 radical (unpaired) electrons. The lowest BCUT2D eigenvalue weighted by Crippen LogP contribution is -2.16. The monoisotopic (exact) mass is 393 g/mol. The zero-order chi connectivity index (χ0) is 19.7. The minimum Gasteiger partial charge on any atom is -0.340 e. The fourth-order valence-corrected chi connectivity index (χ4v) is 4.45. The van der Waals surface area contributed by atoms with Crippen LogP contribution < -0.4 is 9.62 Å². The highest BCUT2D eigenvalue weighted by Crippen LogP contribution is 2.34. The first-order chi connectivity index (χ1) is 13.4. The Morgan fingerprint density at radius 2 is 1.75 bits per heavy atom. The van der Waals surface area contributed by atoms with E-state index in [1.807, 2.05) is 30.3 Å². The van der Waals surface area contributed by atoms with E-state index < -0.39 is 10.0 Å². The van der Waals surface area contributed by atoms with Crippen LogP contribution in [0.3, 0.4) is 0 Å². The summed E-state index contributed by atoms with van der Waals surface area (Å²) in [6.45, 7) is 5.05. The number of anilines is 3. The number of sulfonamides is 1. The molecular weight excluding hydrogens is 370 g/mol. The van der Waals surface area contributed by atoms with E-state index in [1.165, 1.54) is 11.3 Å². The Morgan fingerprint density at radius 3 is 2.43 bits per heavy atom. The van der Waals surface area contributed by atoms with E-state index in [0.717, 1.165) is 24.2 Å². The molecule has 2 aromatic carbocycles. The molecule has 0 fully saturated rings. The number of para-hydroxylation sites is 1. The van der Waals surface area contributed by atoms with Gasteiger partial charge in [-0.05, 0) is 53.8 Å². The van der Waals surface area contributed by atoms with Gasteiger partial charge in [0.1, 0.15) is 5.82 Å². The first-order valence-corrected chi connectivity index (χ1v) is 10.9. The first-order valence-electron chi connectivity index (χ1n) is 9.38. The quantitative estimate of drug-likeness (QED) is 0.682. The maximum Gasteiger partial charge on any atom is 0.263 e. The maximum absolute atomic E-state index is 12.6. The normalized spacial score (nSPS) is 13.6. The van der Waals surface area contributed by atoms with Crippen molar-refractivity contribution in [1.82, 2.24) is 4.98 Å². The van der Waals surface area contributed by atoms with E-state index in [2.05, 4.69) is 40.6 Å². The topological polar surface area (TPSA) is 62.3 Å². The highest BCUT2D eigenvalue weighted by atomic mass is 32.2. The highest BCUT2D eigenvalue weighted by Gasteiger charge is 2.20. The molecule has 4 rings (SSSR count). The fourth-order valence-electron chi connectivity index (χ4n) is 3.44. The van der Waals surface area contributed by atoms with Gasteiger partial charge in [0.05, 0.1) is 16.8 Å². The van der Waals surface area contributed by atoms with Crippen LogP contribution in [0.2, 0.25) is 0 Å². The summed E-state index contributed by atoms with van der Waals surface area (Å²) in [6.07, 6.45) is 2.71. The predicted molar refractivity (Wildman–Crippen MR) is 113 cm³/mol. The molecule has 0 saturated heterocycles. The van der Waals surface area contributed by atoms with E-state index in [-0.39, 0.29) is 4.90 Å². The number of hydrogen-bond donors (Lipinski definition) is 1. The van der Waals surface area contributed by atoms with Crippen LogP contribution in [0.5, 0.6) is 0 Å². The molecule has 1 aliphatic rings. The first kappa shape index (κ1) is 18.5. The summed E-state index contributed by atoms with van der Waals surface area (Å²) < 4.78 is 27.8. The molecule has 28 heavy (non-hydrogen) atoms. The number of pyridine rings is 1. The van der Waals surface area contributed by atoms with Crippen molar-refractivity contribution in [1.29, 1.82) is 0 Å². The number of nitrogens with zero attached hydrogens (tertiary/aromatic N) is 2. The van der Waals surface area contributed by atoms with E-state index in [1.54, 1.807) is 24.4 Å². The zero-order valence-corrected chi connectivity index (χ0v) is 16.8. The number of fused-ring (bicyclic) bond motifs is 1. The van der Waals surface area contributed by atoms with Crippen molar-refractivity contribution in [2.75, 3.05) is 16.2 Å². The lowest BCUT2D eigenvalue weighted by Gasteiger charge is -2.19. The van der Waals surface area contributed by atoms with E-state index in [0.29, 0.717) is 11.7 Å². The van der Waals surface area contributed by atoms with Crippen LogP contribution in [0.1, 0.15) is 30.9 Å². The minimum absolute atomic E-state index is 0.233. The molecule has 0 saturated carbocycles. The molecule has 0 atom stereocenters. The number of hydrogen-bond acceptors (Lipinski definition) is 4. The molecule has 5 nitrogen and oxygen atoms in total. The fraction of sp³-hybridized carbons (Fsp3) is 0.227. The van der Waals surface area contributed by atoms with Crippen LogP contribution in [0.25, 0.3) is 0 Å². The van der Waals surface area contributed by atoms with Gasteiger partial charge in [0.2, 0.25) is 0 Å². The van der Waals surface area contributed by atoms with E-state index >= 15 is 0 Å². The third-order valence-electron chi connectivity index (χ3n) is 5.04. The Bertz CT molecular complexity index is 1080. The number of aromatic nitrogens is 1. The van der Waals surface area contributed by atoms with Gasteiger partial charge in [-0.15, -0.1) is 0 Å². The van der Waals surface area contributed by atoms with Gasteiger partial charge in [0, 0.05) is 12.2 Å². The molecule has 1 N–H and O–H groups in total. The van der Waals surface area contributed by atoms with Crippen LogP contribution in [0.4, 0.5) is 17.2 Å². The van der Waals surface area contributed by atoms with Gasteiger partial charge in [-0.25, -0.2) is 13.4 Å². The molecule has 1 aliphatic heterocycles. The second-order valence-electron chi connectivity index (χ2n) is 7.26. The highest BCUT2D eigenvalue weighted by molar-refractivity contribution is 7.92. The average molecular weight is 394 g/mol. The van der Waals surface area contributed by atoms with Gasteiger partial charge in [-0.1, -0.05) is 44.2 Å². The van der Waals surface area contributed by atoms with E-state index in [9.17, 15) is 8.42 Å². The number of rotatable bonds is 5. The van der Waals surface area contributed by atoms with Crippen molar-refractivity contribution < 1.29 is 8.42 Å². The van der Waals surface area contributed by atoms with Crippen molar-refractivity contribution >= 4 is 27.2 Å². The number of nitrogens with one attached hydrogen (secondary N) is 1. The molecule has 144 valence electrons. The average Bonchev–Trinajstić information content (AvgIpc) is 3.12. The SMILES string of the molecule is CC(C)c1ccc(S(=O)(=O)Nc2ccc(N3CCc4ccccc43)cn2)cc1. The van der Waals surface area contributed by atoms with Gasteiger partial charge >= 0.3 is 0 Å². The third-order valence-corrected chi connectivity index (χ3v) is 6.41. The third kappa shape index (κ3) is 3.60. The van der Waals surface area contributed by atoms with Crippen molar-refractivity contribution in [3.63, 3.8) is 0 Å². The summed E-state index contributed by atoms with van der Waals surface area (Å²) in [7, 11) is -3.66. The molecule has 0 spiro atoms. The number of benzene rings is 2.